The fourth-order valence-electron chi connectivity index (χ4n) is 2.84. The third kappa shape index (κ3) is 7.87. The molecule has 0 fully saturated rings. The Morgan fingerprint density at radius 3 is 3.03 bits per heavy atom. The zero-order chi connectivity index (χ0) is 20.9. The van der Waals surface area contributed by atoms with Crippen LogP contribution in [0.15, 0.2) is 78.3 Å². The lowest BCUT2D eigenvalue weighted by Gasteiger charge is -2.22. The minimum Gasteiger partial charge on any atom is -0.334 e. The number of carbonyl (C=O) groups is 1. The summed E-state index contributed by atoms with van der Waals surface area (Å²) in [5, 5.41) is 4.17. The molecule has 0 unspecified atom stereocenters. The Morgan fingerprint density at radius 2 is 2.31 bits per heavy atom. The van der Waals surface area contributed by atoms with Crippen LogP contribution in [0.1, 0.15) is 19.8 Å². The number of amidine groups is 1. The Kier molecular flexibility index (Phi) is 9.59. The molecule has 1 aromatic heterocycles. The predicted molar refractivity (Wildman–Crippen MR) is 121 cm³/mol. The van der Waals surface area contributed by atoms with Crippen molar-refractivity contribution in [2.24, 2.45) is 4.99 Å². The summed E-state index contributed by atoms with van der Waals surface area (Å²) in [5.41, 5.74) is 1.65. The molecule has 6 heteroatoms. The van der Waals surface area contributed by atoms with Gasteiger partial charge in [0.2, 0.25) is 0 Å². The molecule has 1 aromatic rings. The van der Waals surface area contributed by atoms with Gasteiger partial charge in [-0.1, -0.05) is 30.9 Å². The van der Waals surface area contributed by atoms with Crippen LogP contribution in [0.4, 0.5) is 0 Å². The first kappa shape index (κ1) is 22.3. The van der Waals surface area contributed by atoms with Crippen molar-refractivity contribution in [1.29, 1.82) is 0 Å². The van der Waals surface area contributed by atoms with Gasteiger partial charge >= 0.3 is 0 Å². The first-order valence-corrected chi connectivity index (χ1v) is 9.93. The van der Waals surface area contributed by atoms with E-state index in [9.17, 15) is 4.79 Å². The van der Waals surface area contributed by atoms with Gasteiger partial charge in [0, 0.05) is 43.3 Å². The van der Waals surface area contributed by atoms with Gasteiger partial charge in [-0.3, -0.25) is 9.79 Å². The van der Waals surface area contributed by atoms with E-state index < -0.39 is 0 Å². The van der Waals surface area contributed by atoms with Crippen LogP contribution >= 0.6 is 0 Å². The maximum absolute atomic E-state index is 11.3. The molecule has 0 aromatic carbocycles. The lowest BCUT2D eigenvalue weighted by atomic mass is 10.2. The topological polar surface area (TPSA) is 53.7 Å². The van der Waals surface area contributed by atoms with Crippen molar-refractivity contribution < 1.29 is 4.79 Å². The van der Waals surface area contributed by atoms with Crippen LogP contribution < -0.4 is 0 Å². The smallest absolute Gasteiger partial charge is 0.149 e. The number of hydrogen-bond acceptors (Lipinski definition) is 4. The SMILES string of the molecule is C=CN1CCC=CC1=NCCCN(C)C/C=C(C=O)/C=C\C=C(/C)n1cccn1. The van der Waals surface area contributed by atoms with E-state index in [1.165, 1.54) is 0 Å². The van der Waals surface area contributed by atoms with Gasteiger partial charge in [0.25, 0.3) is 0 Å². The minimum absolute atomic E-state index is 0.663. The van der Waals surface area contributed by atoms with Gasteiger partial charge in [-0.05, 0) is 57.8 Å². The molecule has 0 amide bonds. The van der Waals surface area contributed by atoms with E-state index in [1.807, 2.05) is 56.7 Å². The van der Waals surface area contributed by atoms with Gasteiger partial charge in [0.1, 0.15) is 12.1 Å². The zero-order valence-corrected chi connectivity index (χ0v) is 17.4. The summed E-state index contributed by atoms with van der Waals surface area (Å²) in [7, 11) is 2.05. The van der Waals surface area contributed by atoms with E-state index in [0.717, 1.165) is 56.8 Å². The van der Waals surface area contributed by atoms with Gasteiger partial charge < -0.3 is 9.80 Å². The van der Waals surface area contributed by atoms with Crippen LogP contribution in [-0.4, -0.2) is 64.9 Å². The Morgan fingerprint density at radius 1 is 1.45 bits per heavy atom. The van der Waals surface area contributed by atoms with Crippen molar-refractivity contribution in [2.75, 3.05) is 33.2 Å². The number of aliphatic imine (C=N–C) groups is 1. The molecule has 1 aliphatic heterocycles. The number of carbonyl (C=O) groups excluding carboxylic acids is 1. The maximum Gasteiger partial charge on any atom is 0.149 e. The molecule has 6 nitrogen and oxygen atoms in total. The van der Waals surface area contributed by atoms with Gasteiger partial charge in [-0.2, -0.15) is 5.10 Å². The zero-order valence-electron chi connectivity index (χ0n) is 17.4. The average Bonchev–Trinajstić information content (AvgIpc) is 3.28. The molecule has 0 N–H and O–H groups in total. The number of hydrogen-bond donors (Lipinski definition) is 0. The van der Waals surface area contributed by atoms with E-state index in [4.69, 9.17) is 0 Å². The van der Waals surface area contributed by atoms with Crippen LogP contribution in [0.5, 0.6) is 0 Å². The van der Waals surface area contributed by atoms with Crippen molar-refractivity contribution in [3.8, 4) is 0 Å². The monoisotopic (exact) mass is 393 g/mol. The molecule has 154 valence electrons. The Labute approximate surface area is 173 Å². The highest BCUT2D eigenvalue weighted by atomic mass is 16.1. The molecule has 0 saturated carbocycles. The number of nitrogens with zero attached hydrogens (tertiary/aromatic N) is 5. The number of likely N-dealkylation sites (N-methyl/N-ethyl adjacent to an activating group) is 1. The second kappa shape index (κ2) is 12.5. The lowest BCUT2D eigenvalue weighted by molar-refractivity contribution is -0.104. The quantitative estimate of drug-likeness (QED) is 0.250. The summed E-state index contributed by atoms with van der Waals surface area (Å²) in [6, 6.07) is 1.88. The third-order valence-corrected chi connectivity index (χ3v) is 4.56. The summed E-state index contributed by atoms with van der Waals surface area (Å²) in [5.74, 6) is 0.987. The number of aldehydes is 1. The largest absolute Gasteiger partial charge is 0.334 e. The van der Waals surface area contributed by atoms with E-state index in [0.29, 0.717) is 5.57 Å². The second-order valence-corrected chi connectivity index (χ2v) is 6.86. The van der Waals surface area contributed by atoms with E-state index in [1.54, 1.807) is 10.9 Å². The predicted octanol–water partition coefficient (Wildman–Crippen LogP) is 3.55. The standard InChI is InChI=1S/C23H31N5O/c1-4-27-17-6-5-12-23(27)24-14-8-16-26(3)19-13-22(20-29)11-7-10-21(2)28-18-9-15-25-28/h4-5,7,9-13,15,18,20H,1,6,8,14,16-17,19H2,2-3H3/b11-7-,21-10+,22-13-,24-23?. The summed E-state index contributed by atoms with van der Waals surface area (Å²) in [6.07, 6.45) is 20.1. The molecule has 0 saturated heterocycles. The average molecular weight is 394 g/mol. The van der Waals surface area contributed by atoms with Gasteiger partial charge in [0.05, 0.1) is 0 Å². The molecule has 0 atom stereocenters. The molecule has 0 aliphatic carbocycles. The van der Waals surface area contributed by atoms with E-state index in [2.05, 4.69) is 38.6 Å². The van der Waals surface area contributed by atoms with E-state index in [-0.39, 0.29) is 0 Å². The normalized spacial score (nSPS) is 16.9. The molecular weight excluding hydrogens is 362 g/mol. The van der Waals surface area contributed by atoms with Gasteiger partial charge in [-0.25, -0.2) is 4.68 Å². The van der Waals surface area contributed by atoms with Crippen molar-refractivity contribution >= 4 is 17.8 Å². The van der Waals surface area contributed by atoms with Crippen LogP contribution in [0.25, 0.3) is 5.70 Å². The molecule has 2 rings (SSSR count). The molecule has 0 spiro atoms. The van der Waals surface area contributed by atoms with Crippen molar-refractivity contribution in [1.82, 2.24) is 19.6 Å². The third-order valence-electron chi connectivity index (χ3n) is 4.56. The molecule has 0 radical (unpaired) electrons. The molecule has 29 heavy (non-hydrogen) atoms. The number of rotatable bonds is 11. The summed E-state index contributed by atoms with van der Waals surface area (Å²) in [6.45, 7) is 9.16. The Hall–Kier alpha value is -2.99. The van der Waals surface area contributed by atoms with Gasteiger partial charge in [-0.15, -0.1) is 0 Å². The number of allylic oxidation sites excluding steroid dienone is 5. The first-order chi connectivity index (χ1) is 14.1. The van der Waals surface area contributed by atoms with Crippen LogP contribution in [0, 0.1) is 0 Å². The minimum atomic E-state index is 0.663. The van der Waals surface area contributed by atoms with Crippen LogP contribution in [0.3, 0.4) is 0 Å². The Bertz CT molecular complexity index is 799. The maximum atomic E-state index is 11.3. The highest BCUT2D eigenvalue weighted by Gasteiger charge is 2.07. The fourth-order valence-corrected chi connectivity index (χ4v) is 2.84. The Balaban J connectivity index is 1.76. The summed E-state index contributed by atoms with van der Waals surface area (Å²) >= 11 is 0. The van der Waals surface area contributed by atoms with Crippen LogP contribution in [0.2, 0.25) is 0 Å². The van der Waals surface area contributed by atoms with E-state index >= 15 is 0 Å². The highest BCUT2D eigenvalue weighted by Crippen LogP contribution is 2.06. The highest BCUT2D eigenvalue weighted by molar-refractivity contribution is 5.94. The molecule has 1 aliphatic rings. The van der Waals surface area contributed by atoms with Gasteiger partial charge in [0.15, 0.2) is 0 Å². The second-order valence-electron chi connectivity index (χ2n) is 6.86. The molecule has 0 bridgehead atoms. The first-order valence-electron chi connectivity index (χ1n) is 9.93. The molecule has 2 heterocycles. The fraction of sp³-hybridized carbons (Fsp3) is 0.348. The molecular formula is C23H31N5O. The van der Waals surface area contributed by atoms with Crippen molar-refractivity contribution in [3.63, 3.8) is 0 Å². The van der Waals surface area contributed by atoms with Crippen molar-refractivity contribution in [2.45, 2.75) is 19.8 Å². The van der Waals surface area contributed by atoms with Crippen LogP contribution in [-0.2, 0) is 4.79 Å². The lowest BCUT2D eigenvalue weighted by Crippen LogP contribution is -2.28. The summed E-state index contributed by atoms with van der Waals surface area (Å²) in [4.78, 5) is 20.2. The van der Waals surface area contributed by atoms with Crippen molar-refractivity contribution in [3.05, 3.63) is 73.3 Å². The summed E-state index contributed by atoms with van der Waals surface area (Å²) < 4.78 is 1.78. The number of aromatic nitrogens is 2.